The van der Waals surface area contributed by atoms with Gasteiger partial charge < -0.3 is 4.42 Å². The highest BCUT2D eigenvalue weighted by atomic mass is 127. The minimum Gasteiger partial charge on any atom is -0.453 e. The molecule has 0 fully saturated rings. The second-order valence-corrected chi connectivity index (χ2v) is 4.29. The standard InChI is InChI=1S/C12H6INO2/c13-11-5-8(6-14)1-3-10(11)12-4-2-9(7-15)16-12/h1-5,7H. The molecule has 0 aliphatic rings. The second-order valence-electron chi connectivity index (χ2n) is 3.13. The van der Waals surface area contributed by atoms with E-state index in [1.165, 1.54) is 0 Å². The van der Waals surface area contributed by atoms with E-state index in [-0.39, 0.29) is 0 Å². The molecule has 0 N–H and O–H groups in total. The molecule has 0 radical (unpaired) electrons. The molecule has 2 aromatic rings. The molecule has 1 aromatic heterocycles. The third-order valence-electron chi connectivity index (χ3n) is 2.11. The Morgan fingerprint density at radius 3 is 2.69 bits per heavy atom. The molecule has 0 atom stereocenters. The van der Waals surface area contributed by atoms with Gasteiger partial charge in [-0.1, -0.05) is 0 Å². The fraction of sp³-hybridized carbons (Fsp3) is 0. The SMILES string of the molecule is N#Cc1ccc(-c2ccc(C=O)o2)c(I)c1. The predicted octanol–water partition coefficient (Wildman–Crippen LogP) is 3.24. The van der Waals surface area contributed by atoms with Gasteiger partial charge >= 0.3 is 0 Å². The van der Waals surface area contributed by atoms with Crippen LogP contribution in [-0.2, 0) is 0 Å². The number of nitriles is 1. The first-order valence-electron chi connectivity index (χ1n) is 4.49. The average Bonchev–Trinajstić information content (AvgIpc) is 2.77. The van der Waals surface area contributed by atoms with Crippen molar-refractivity contribution in [2.45, 2.75) is 0 Å². The molecule has 1 aromatic carbocycles. The van der Waals surface area contributed by atoms with E-state index >= 15 is 0 Å². The second kappa shape index (κ2) is 4.49. The lowest BCUT2D eigenvalue weighted by Crippen LogP contribution is -1.83. The van der Waals surface area contributed by atoms with Crippen molar-refractivity contribution in [1.82, 2.24) is 0 Å². The zero-order chi connectivity index (χ0) is 11.5. The highest BCUT2D eigenvalue weighted by molar-refractivity contribution is 14.1. The van der Waals surface area contributed by atoms with E-state index in [9.17, 15) is 4.79 Å². The third-order valence-corrected chi connectivity index (χ3v) is 3.00. The van der Waals surface area contributed by atoms with Gasteiger partial charge in [-0.15, -0.1) is 0 Å². The van der Waals surface area contributed by atoms with E-state index in [1.807, 2.05) is 6.07 Å². The zero-order valence-electron chi connectivity index (χ0n) is 8.11. The van der Waals surface area contributed by atoms with Crippen molar-refractivity contribution in [1.29, 1.82) is 5.26 Å². The molecule has 0 saturated heterocycles. The Bertz CT molecular complexity index is 581. The van der Waals surface area contributed by atoms with Crippen molar-refractivity contribution in [2.75, 3.05) is 0 Å². The van der Waals surface area contributed by atoms with Gasteiger partial charge in [0.25, 0.3) is 0 Å². The summed E-state index contributed by atoms with van der Waals surface area (Å²) in [6.45, 7) is 0. The first-order valence-corrected chi connectivity index (χ1v) is 5.57. The number of benzene rings is 1. The van der Waals surface area contributed by atoms with Crippen molar-refractivity contribution in [3.63, 3.8) is 0 Å². The summed E-state index contributed by atoms with van der Waals surface area (Å²) in [4.78, 5) is 10.5. The van der Waals surface area contributed by atoms with Gasteiger partial charge in [0.1, 0.15) is 5.76 Å². The molecule has 0 bridgehead atoms. The Hall–Kier alpha value is -1.61. The summed E-state index contributed by atoms with van der Waals surface area (Å²) < 4.78 is 6.24. The summed E-state index contributed by atoms with van der Waals surface area (Å²) in [5.74, 6) is 0.936. The fourth-order valence-electron chi connectivity index (χ4n) is 1.35. The van der Waals surface area contributed by atoms with Crippen LogP contribution in [0.5, 0.6) is 0 Å². The van der Waals surface area contributed by atoms with E-state index in [1.54, 1.807) is 24.3 Å². The van der Waals surface area contributed by atoms with Crippen molar-refractivity contribution in [3.8, 4) is 17.4 Å². The fourth-order valence-corrected chi connectivity index (χ4v) is 2.13. The first kappa shape index (κ1) is 10.9. The number of furan rings is 1. The van der Waals surface area contributed by atoms with Crippen molar-refractivity contribution in [3.05, 3.63) is 45.2 Å². The van der Waals surface area contributed by atoms with Crippen LogP contribution in [0.2, 0.25) is 0 Å². The number of aldehydes is 1. The molecule has 0 aliphatic heterocycles. The van der Waals surface area contributed by atoms with Crippen LogP contribution in [0, 0.1) is 14.9 Å². The molecule has 78 valence electrons. The summed E-state index contributed by atoms with van der Waals surface area (Å²) in [6, 6.07) is 10.7. The number of halogens is 1. The molecule has 0 saturated carbocycles. The van der Waals surface area contributed by atoms with E-state index in [0.29, 0.717) is 23.4 Å². The predicted molar refractivity (Wildman–Crippen MR) is 67.0 cm³/mol. The molecule has 16 heavy (non-hydrogen) atoms. The van der Waals surface area contributed by atoms with Crippen LogP contribution in [-0.4, -0.2) is 6.29 Å². The van der Waals surface area contributed by atoms with Gasteiger partial charge in [0.05, 0.1) is 11.6 Å². The number of hydrogen-bond donors (Lipinski definition) is 0. The van der Waals surface area contributed by atoms with Gasteiger partial charge in [-0.2, -0.15) is 5.26 Å². The van der Waals surface area contributed by atoms with Gasteiger partial charge in [-0.05, 0) is 52.9 Å². The maximum absolute atomic E-state index is 10.5. The molecule has 0 spiro atoms. The Labute approximate surface area is 106 Å². The van der Waals surface area contributed by atoms with Gasteiger partial charge in [-0.25, -0.2) is 0 Å². The Morgan fingerprint density at radius 2 is 2.12 bits per heavy atom. The van der Waals surface area contributed by atoms with Crippen LogP contribution in [0.15, 0.2) is 34.7 Å². The smallest absolute Gasteiger partial charge is 0.185 e. The number of carbonyl (C=O) groups excluding carboxylic acids is 1. The van der Waals surface area contributed by atoms with E-state index in [2.05, 4.69) is 28.7 Å². The van der Waals surface area contributed by atoms with Gasteiger partial charge in [0, 0.05) is 9.13 Å². The van der Waals surface area contributed by atoms with E-state index in [0.717, 1.165) is 9.13 Å². The average molecular weight is 323 g/mol. The number of hydrogen-bond acceptors (Lipinski definition) is 3. The molecule has 4 heteroatoms. The van der Waals surface area contributed by atoms with E-state index < -0.39 is 0 Å². The largest absolute Gasteiger partial charge is 0.453 e. The van der Waals surface area contributed by atoms with E-state index in [4.69, 9.17) is 9.68 Å². The highest BCUT2D eigenvalue weighted by Gasteiger charge is 2.08. The van der Waals surface area contributed by atoms with Crippen LogP contribution in [0.4, 0.5) is 0 Å². The van der Waals surface area contributed by atoms with Crippen LogP contribution in [0.1, 0.15) is 16.1 Å². The minimum absolute atomic E-state index is 0.301. The van der Waals surface area contributed by atoms with Crippen molar-refractivity contribution in [2.24, 2.45) is 0 Å². The van der Waals surface area contributed by atoms with Crippen molar-refractivity contribution < 1.29 is 9.21 Å². The van der Waals surface area contributed by atoms with Crippen LogP contribution < -0.4 is 0 Å². The maximum Gasteiger partial charge on any atom is 0.185 e. The Balaban J connectivity index is 2.48. The summed E-state index contributed by atoms with van der Waals surface area (Å²) in [5.41, 5.74) is 1.49. The van der Waals surface area contributed by atoms with Crippen LogP contribution >= 0.6 is 22.6 Å². The normalized spacial score (nSPS) is 9.75. The number of rotatable bonds is 2. The zero-order valence-corrected chi connectivity index (χ0v) is 10.3. The molecular formula is C12H6INO2. The van der Waals surface area contributed by atoms with Gasteiger partial charge in [0.15, 0.2) is 12.0 Å². The molecule has 1 heterocycles. The molecule has 0 aliphatic carbocycles. The summed E-state index contributed by atoms with van der Waals surface area (Å²) >= 11 is 2.13. The highest BCUT2D eigenvalue weighted by Crippen LogP contribution is 2.27. The quantitative estimate of drug-likeness (QED) is 0.630. The molecular weight excluding hydrogens is 317 g/mol. The summed E-state index contributed by atoms with van der Waals surface area (Å²) in [6.07, 6.45) is 0.667. The lowest BCUT2D eigenvalue weighted by Gasteiger charge is -2.00. The van der Waals surface area contributed by atoms with Crippen LogP contribution in [0.3, 0.4) is 0 Å². The number of carbonyl (C=O) groups is 1. The van der Waals surface area contributed by atoms with Gasteiger partial charge in [0.2, 0.25) is 0 Å². The monoisotopic (exact) mass is 323 g/mol. The number of nitrogens with zero attached hydrogens (tertiary/aromatic N) is 1. The molecule has 2 rings (SSSR count). The van der Waals surface area contributed by atoms with Crippen molar-refractivity contribution >= 4 is 28.9 Å². The lowest BCUT2D eigenvalue weighted by atomic mass is 10.1. The van der Waals surface area contributed by atoms with Gasteiger partial charge in [-0.3, -0.25) is 4.79 Å². The minimum atomic E-state index is 0.301. The topological polar surface area (TPSA) is 54.0 Å². The third kappa shape index (κ3) is 1.99. The Kier molecular flexibility index (Phi) is 3.06. The summed E-state index contributed by atoms with van der Waals surface area (Å²) in [7, 11) is 0. The Morgan fingerprint density at radius 1 is 1.31 bits per heavy atom. The molecule has 0 unspecified atom stereocenters. The summed E-state index contributed by atoms with van der Waals surface area (Å²) in [5, 5.41) is 8.74. The lowest BCUT2D eigenvalue weighted by molar-refractivity contribution is 0.110. The first-order chi connectivity index (χ1) is 7.74. The van der Waals surface area contributed by atoms with Crippen LogP contribution in [0.25, 0.3) is 11.3 Å². The molecule has 0 amide bonds. The molecule has 3 nitrogen and oxygen atoms in total. The maximum atomic E-state index is 10.5.